The van der Waals surface area contributed by atoms with E-state index in [1.165, 1.54) is 27.7 Å². The first-order valence-corrected chi connectivity index (χ1v) is 7.30. The Hall–Kier alpha value is -2.02. The van der Waals surface area contributed by atoms with Crippen molar-refractivity contribution < 1.29 is 0 Å². The molecule has 0 radical (unpaired) electrons. The molecule has 2 aromatic carbocycles. The zero-order chi connectivity index (χ0) is 14.2. The molecular weight excluding hydrogens is 242 g/mol. The molecule has 0 amide bonds. The second kappa shape index (κ2) is 4.82. The predicted octanol–water partition coefficient (Wildman–Crippen LogP) is 5.19. The van der Waals surface area contributed by atoms with Gasteiger partial charge in [0, 0.05) is 22.0 Å². The highest BCUT2D eigenvalue weighted by molar-refractivity contribution is 5.86. The van der Waals surface area contributed by atoms with Crippen molar-refractivity contribution in [1.29, 1.82) is 0 Å². The minimum Gasteiger partial charge on any atom is -0.358 e. The fraction of sp³-hybridized carbons (Fsp3) is 0.263. The van der Waals surface area contributed by atoms with Crippen molar-refractivity contribution in [3.63, 3.8) is 0 Å². The molecule has 0 aliphatic rings. The van der Waals surface area contributed by atoms with Crippen molar-refractivity contribution in [3.05, 3.63) is 71.4 Å². The summed E-state index contributed by atoms with van der Waals surface area (Å²) in [6, 6.07) is 19.4. The van der Waals surface area contributed by atoms with Gasteiger partial charge in [0.2, 0.25) is 0 Å². The van der Waals surface area contributed by atoms with Crippen LogP contribution in [0.4, 0.5) is 0 Å². The van der Waals surface area contributed by atoms with Crippen LogP contribution in [0.25, 0.3) is 10.9 Å². The lowest BCUT2D eigenvalue weighted by molar-refractivity contribution is 0.551. The van der Waals surface area contributed by atoms with E-state index in [9.17, 15) is 0 Å². The fourth-order valence-corrected chi connectivity index (χ4v) is 3.32. The van der Waals surface area contributed by atoms with Crippen molar-refractivity contribution in [2.75, 3.05) is 0 Å². The van der Waals surface area contributed by atoms with Gasteiger partial charge in [-0.15, -0.1) is 0 Å². The Morgan fingerprint density at radius 3 is 2.30 bits per heavy atom. The predicted molar refractivity (Wildman–Crippen MR) is 86.2 cm³/mol. The molecule has 0 fully saturated rings. The van der Waals surface area contributed by atoms with Crippen molar-refractivity contribution in [2.24, 2.45) is 0 Å². The summed E-state index contributed by atoms with van der Waals surface area (Å²) in [5.74, 6) is 0. The highest BCUT2D eigenvalue weighted by Crippen LogP contribution is 2.40. The van der Waals surface area contributed by atoms with E-state index in [-0.39, 0.29) is 5.41 Å². The Balaban J connectivity index is 2.29. The van der Waals surface area contributed by atoms with E-state index in [4.69, 9.17) is 0 Å². The lowest BCUT2D eigenvalue weighted by Gasteiger charge is -2.30. The third-order valence-electron chi connectivity index (χ3n) is 4.56. The minimum absolute atomic E-state index is 0.0466. The number of aromatic amines is 1. The second-order valence-electron chi connectivity index (χ2n) is 5.72. The van der Waals surface area contributed by atoms with E-state index in [0.717, 1.165) is 6.42 Å². The Bertz CT molecular complexity index is 724. The van der Waals surface area contributed by atoms with Gasteiger partial charge in [0.1, 0.15) is 0 Å². The quantitative estimate of drug-likeness (QED) is 0.669. The molecule has 3 rings (SSSR count). The average Bonchev–Trinajstić information content (AvgIpc) is 2.83. The number of fused-ring (bicyclic) bond motifs is 1. The summed E-state index contributed by atoms with van der Waals surface area (Å²) in [5.41, 5.74) is 5.37. The first-order valence-electron chi connectivity index (χ1n) is 7.30. The minimum atomic E-state index is 0.0466. The van der Waals surface area contributed by atoms with Gasteiger partial charge in [0.25, 0.3) is 0 Å². The summed E-state index contributed by atoms with van der Waals surface area (Å²) in [5, 5.41) is 1.35. The smallest absolute Gasteiger partial charge is 0.0459 e. The zero-order valence-corrected chi connectivity index (χ0v) is 12.4. The molecule has 0 saturated carbocycles. The maximum Gasteiger partial charge on any atom is 0.0459 e. The Morgan fingerprint density at radius 2 is 1.60 bits per heavy atom. The van der Waals surface area contributed by atoms with E-state index in [1.54, 1.807) is 0 Å². The molecule has 1 N–H and O–H groups in total. The summed E-state index contributed by atoms with van der Waals surface area (Å²) in [6.07, 6.45) is 1.08. The number of rotatable bonds is 3. The van der Waals surface area contributed by atoms with Gasteiger partial charge in [0.15, 0.2) is 0 Å². The third-order valence-corrected chi connectivity index (χ3v) is 4.56. The normalized spacial score (nSPS) is 14.3. The van der Waals surface area contributed by atoms with Crippen LogP contribution in [-0.4, -0.2) is 4.98 Å². The number of benzene rings is 2. The number of para-hydroxylation sites is 1. The van der Waals surface area contributed by atoms with Gasteiger partial charge in [-0.2, -0.15) is 0 Å². The average molecular weight is 263 g/mol. The van der Waals surface area contributed by atoms with Gasteiger partial charge in [-0.05, 0) is 30.5 Å². The molecule has 0 aliphatic carbocycles. The monoisotopic (exact) mass is 263 g/mol. The molecule has 20 heavy (non-hydrogen) atoms. The van der Waals surface area contributed by atoms with E-state index in [0.29, 0.717) is 0 Å². The standard InChI is InChI=1S/C19H21N/c1-4-19(3,15-10-6-5-7-11-15)18-14(2)20-17-13-9-8-12-16(17)18/h5-13,20H,4H2,1-3H3. The summed E-state index contributed by atoms with van der Waals surface area (Å²) in [4.78, 5) is 3.54. The molecule has 0 aliphatic heterocycles. The number of aromatic nitrogens is 1. The molecular formula is C19H21N. The molecule has 0 saturated heterocycles. The van der Waals surface area contributed by atoms with Crippen molar-refractivity contribution in [3.8, 4) is 0 Å². The van der Waals surface area contributed by atoms with E-state index in [1.807, 2.05) is 0 Å². The molecule has 0 bridgehead atoms. The fourth-order valence-electron chi connectivity index (χ4n) is 3.32. The Labute approximate surface area is 120 Å². The van der Waals surface area contributed by atoms with Crippen LogP contribution in [-0.2, 0) is 5.41 Å². The SMILES string of the molecule is CCC(C)(c1ccccc1)c1c(C)[nH]c2ccccc12. The lowest BCUT2D eigenvalue weighted by atomic mass is 9.73. The summed E-state index contributed by atoms with van der Waals surface area (Å²) < 4.78 is 0. The van der Waals surface area contributed by atoms with Crippen LogP contribution in [0.3, 0.4) is 0 Å². The van der Waals surface area contributed by atoms with E-state index in [2.05, 4.69) is 80.4 Å². The van der Waals surface area contributed by atoms with E-state index >= 15 is 0 Å². The van der Waals surface area contributed by atoms with Crippen LogP contribution >= 0.6 is 0 Å². The molecule has 1 atom stereocenters. The molecule has 0 spiro atoms. The highest BCUT2D eigenvalue weighted by Gasteiger charge is 2.31. The topological polar surface area (TPSA) is 15.8 Å². The van der Waals surface area contributed by atoms with Crippen LogP contribution in [0, 0.1) is 6.92 Å². The lowest BCUT2D eigenvalue weighted by Crippen LogP contribution is -2.23. The third kappa shape index (κ3) is 1.85. The van der Waals surface area contributed by atoms with Gasteiger partial charge >= 0.3 is 0 Å². The van der Waals surface area contributed by atoms with Gasteiger partial charge in [-0.1, -0.05) is 62.4 Å². The molecule has 1 nitrogen and oxygen atoms in total. The van der Waals surface area contributed by atoms with Crippen LogP contribution in [0.1, 0.15) is 37.1 Å². The van der Waals surface area contributed by atoms with Gasteiger partial charge in [-0.3, -0.25) is 0 Å². The van der Waals surface area contributed by atoms with Crippen LogP contribution in [0.15, 0.2) is 54.6 Å². The van der Waals surface area contributed by atoms with Crippen molar-refractivity contribution >= 4 is 10.9 Å². The van der Waals surface area contributed by atoms with E-state index < -0.39 is 0 Å². The van der Waals surface area contributed by atoms with Crippen molar-refractivity contribution in [2.45, 2.75) is 32.6 Å². The maximum atomic E-state index is 3.54. The summed E-state index contributed by atoms with van der Waals surface area (Å²) >= 11 is 0. The van der Waals surface area contributed by atoms with Crippen molar-refractivity contribution in [1.82, 2.24) is 4.98 Å². The number of nitrogens with one attached hydrogen (secondary N) is 1. The largest absolute Gasteiger partial charge is 0.358 e. The van der Waals surface area contributed by atoms with Gasteiger partial charge in [-0.25, -0.2) is 0 Å². The Kier molecular flexibility index (Phi) is 3.13. The van der Waals surface area contributed by atoms with Crippen LogP contribution in [0.5, 0.6) is 0 Å². The van der Waals surface area contributed by atoms with Crippen LogP contribution in [0.2, 0.25) is 0 Å². The first kappa shape index (κ1) is 13.0. The Morgan fingerprint density at radius 1 is 0.950 bits per heavy atom. The van der Waals surface area contributed by atoms with Crippen LogP contribution < -0.4 is 0 Å². The molecule has 1 aromatic heterocycles. The molecule has 3 aromatic rings. The summed E-state index contributed by atoms with van der Waals surface area (Å²) in [6.45, 7) is 6.81. The second-order valence-corrected chi connectivity index (χ2v) is 5.72. The molecule has 1 heteroatoms. The molecule has 1 heterocycles. The number of aryl methyl sites for hydroxylation is 1. The summed E-state index contributed by atoms with van der Waals surface area (Å²) in [7, 11) is 0. The molecule has 1 unspecified atom stereocenters. The maximum absolute atomic E-state index is 3.54. The zero-order valence-electron chi connectivity index (χ0n) is 12.4. The molecule has 102 valence electrons. The number of hydrogen-bond acceptors (Lipinski definition) is 0. The number of H-pyrrole nitrogens is 1. The number of hydrogen-bond donors (Lipinski definition) is 1. The van der Waals surface area contributed by atoms with Gasteiger partial charge < -0.3 is 4.98 Å². The first-order chi connectivity index (χ1) is 9.66. The van der Waals surface area contributed by atoms with Gasteiger partial charge in [0.05, 0.1) is 0 Å². The highest BCUT2D eigenvalue weighted by atomic mass is 14.7.